The Morgan fingerprint density at radius 3 is 2.56 bits per heavy atom. The second-order valence-corrected chi connectivity index (χ2v) is 5.98. The highest BCUT2D eigenvalue weighted by Gasteiger charge is 2.32. The number of aliphatic carboxylic acids is 1. The molecule has 1 aliphatic carbocycles. The molecule has 0 aromatic rings. The molecule has 1 aliphatic rings. The molecule has 0 aliphatic heterocycles. The Morgan fingerprint density at radius 2 is 2.06 bits per heavy atom. The van der Waals surface area contributed by atoms with Gasteiger partial charge in [0.25, 0.3) is 0 Å². The first-order valence-electron chi connectivity index (χ1n) is 5.72. The van der Waals surface area contributed by atoms with Crippen molar-refractivity contribution in [3.63, 3.8) is 0 Å². The molecule has 2 unspecified atom stereocenters. The van der Waals surface area contributed by atoms with Gasteiger partial charge >= 0.3 is 11.9 Å². The number of hydrogen-bond donors (Lipinski definition) is 2. The van der Waals surface area contributed by atoms with E-state index in [1.165, 1.54) is 0 Å². The van der Waals surface area contributed by atoms with Crippen LogP contribution in [0.25, 0.3) is 0 Å². The van der Waals surface area contributed by atoms with Gasteiger partial charge in [-0.05, 0) is 26.2 Å². The van der Waals surface area contributed by atoms with Crippen molar-refractivity contribution < 1.29 is 27.9 Å². The lowest BCUT2D eigenvalue weighted by molar-refractivity contribution is -0.142. The van der Waals surface area contributed by atoms with Crippen molar-refractivity contribution in [2.45, 2.75) is 32.2 Å². The van der Waals surface area contributed by atoms with E-state index in [-0.39, 0.29) is 13.0 Å². The molecule has 0 spiro atoms. The van der Waals surface area contributed by atoms with Crippen molar-refractivity contribution in [3.8, 4) is 0 Å². The molecule has 18 heavy (non-hydrogen) atoms. The predicted molar refractivity (Wildman–Crippen MR) is 62.3 cm³/mol. The molecule has 0 aromatic carbocycles. The number of sulfonamides is 1. The van der Waals surface area contributed by atoms with Gasteiger partial charge in [0, 0.05) is 6.04 Å². The number of esters is 1. The molecule has 0 heterocycles. The van der Waals surface area contributed by atoms with Crippen LogP contribution >= 0.6 is 0 Å². The minimum atomic E-state index is -3.75. The Balaban J connectivity index is 2.47. The average Bonchev–Trinajstić information content (AvgIpc) is 2.64. The van der Waals surface area contributed by atoms with Gasteiger partial charge in [0.15, 0.2) is 5.75 Å². The van der Waals surface area contributed by atoms with Crippen LogP contribution in [0.1, 0.15) is 26.2 Å². The van der Waals surface area contributed by atoms with Gasteiger partial charge in [0.1, 0.15) is 0 Å². The van der Waals surface area contributed by atoms with Crippen molar-refractivity contribution in [2.75, 3.05) is 12.4 Å². The third-order valence-electron chi connectivity index (χ3n) is 2.74. The van der Waals surface area contributed by atoms with E-state index in [1.807, 2.05) is 0 Å². The first-order valence-corrected chi connectivity index (χ1v) is 7.37. The van der Waals surface area contributed by atoms with Crippen LogP contribution in [-0.4, -0.2) is 43.9 Å². The van der Waals surface area contributed by atoms with Crippen LogP contribution in [0.15, 0.2) is 0 Å². The Labute approximate surface area is 106 Å². The van der Waals surface area contributed by atoms with Gasteiger partial charge in [-0.25, -0.2) is 13.1 Å². The van der Waals surface area contributed by atoms with E-state index in [4.69, 9.17) is 5.11 Å². The van der Waals surface area contributed by atoms with Crippen molar-refractivity contribution >= 4 is 22.0 Å². The number of carboxylic acids is 1. The summed E-state index contributed by atoms with van der Waals surface area (Å²) in [5.74, 6) is -2.96. The molecule has 8 heteroatoms. The average molecular weight is 279 g/mol. The van der Waals surface area contributed by atoms with Crippen molar-refractivity contribution in [2.24, 2.45) is 5.92 Å². The second-order valence-electron chi connectivity index (χ2n) is 4.23. The number of carbonyl (C=O) groups excluding carboxylic acids is 1. The van der Waals surface area contributed by atoms with Crippen LogP contribution in [0.4, 0.5) is 0 Å². The van der Waals surface area contributed by atoms with Gasteiger partial charge in [0.2, 0.25) is 10.0 Å². The molecule has 7 nitrogen and oxygen atoms in total. The van der Waals surface area contributed by atoms with Crippen molar-refractivity contribution in [3.05, 3.63) is 0 Å². The summed E-state index contributed by atoms with van der Waals surface area (Å²) < 4.78 is 30.1. The molecule has 1 fully saturated rings. The van der Waals surface area contributed by atoms with E-state index < -0.39 is 39.7 Å². The number of nitrogens with one attached hydrogen (secondary N) is 1. The minimum Gasteiger partial charge on any atom is -0.481 e. The Hall–Kier alpha value is -1.15. The fraction of sp³-hybridized carbons (Fsp3) is 0.800. The normalized spacial score (nSPS) is 23.8. The summed E-state index contributed by atoms with van der Waals surface area (Å²) in [6, 6.07) is -0.412. The SMILES string of the molecule is CCOC(=O)CS(=O)(=O)NC1CCC(C(=O)O)C1. The molecule has 0 radical (unpaired) electrons. The van der Waals surface area contributed by atoms with E-state index in [2.05, 4.69) is 9.46 Å². The zero-order valence-corrected chi connectivity index (χ0v) is 10.9. The standard InChI is InChI=1S/C10H17NO6S/c1-2-17-9(12)6-18(15,16)11-8-4-3-7(5-8)10(13)14/h7-8,11H,2-6H2,1H3,(H,13,14). The molecule has 0 amide bonds. The summed E-state index contributed by atoms with van der Waals surface area (Å²) in [4.78, 5) is 21.8. The molecule has 2 N–H and O–H groups in total. The molecule has 104 valence electrons. The lowest BCUT2D eigenvalue weighted by Gasteiger charge is -2.12. The second kappa shape index (κ2) is 6.14. The smallest absolute Gasteiger partial charge is 0.322 e. The van der Waals surface area contributed by atoms with Crippen LogP contribution in [0, 0.1) is 5.92 Å². The summed E-state index contributed by atoms with van der Waals surface area (Å²) >= 11 is 0. The fourth-order valence-corrected chi connectivity index (χ4v) is 3.17. The van der Waals surface area contributed by atoms with Gasteiger partial charge in [0.05, 0.1) is 12.5 Å². The Kier molecular flexibility index (Phi) is 5.09. The summed E-state index contributed by atoms with van der Waals surface area (Å²) in [6.07, 6.45) is 1.18. The fourth-order valence-electron chi connectivity index (χ4n) is 1.97. The maximum absolute atomic E-state index is 11.6. The molecule has 2 atom stereocenters. The van der Waals surface area contributed by atoms with E-state index in [1.54, 1.807) is 6.92 Å². The van der Waals surface area contributed by atoms with Crippen LogP contribution in [0.3, 0.4) is 0 Å². The van der Waals surface area contributed by atoms with Crippen molar-refractivity contribution in [1.82, 2.24) is 4.72 Å². The number of hydrogen-bond acceptors (Lipinski definition) is 5. The third-order valence-corrected chi connectivity index (χ3v) is 4.05. The molecule has 0 bridgehead atoms. The Morgan fingerprint density at radius 1 is 1.39 bits per heavy atom. The third kappa shape index (κ3) is 4.61. The zero-order valence-electron chi connectivity index (χ0n) is 10.1. The van der Waals surface area contributed by atoms with E-state index in [0.717, 1.165) is 0 Å². The largest absolute Gasteiger partial charge is 0.481 e. The van der Waals surface area contributed by atoms with Crippen LogP contribution in [0.5, 0.6) is 0 Å². The van der Waals surface area contributed by atoms with Gasteiger partial charge < -0.3 is 9.84 Å². The number of carboxylic acid groups (broad SMARTS) is 1. The topological polar surface area (TPSA) is 110 Å². The maximum Gasteiger partial charge on any atom is 0.322 e. The highest BCUT2D eigenvalue weighted by Crippen LogP contribution is 2.26. The van der Waals surface area contributed by atoms with Gasteiger partial charge in [-0.2, -0.15) is 0 Å². The van der Waals surface area contributed by atoms with Crippen LogP contribution in [0.2, 0.25) is 0 Å². The molecular formula is C10H17NO6S. The number of rotatable bonds is 6. The maximum atomic E-state index is 11.6. The quantitative estimate of drug-likeness (QED) is 0.647. The van der Waals surface area contributed by atoms with Gasteiger partial charge in [-0.15, -0.1) is 0 Å². The number of ether oxygens (including phenoxy) is 1. The first-order chi connectivity index (χ1) is 8.34. The lowest BCUT2D eigenvalue weighted by Crippen LogP contribution is -2.37. The first kappa shape index (κ1) is 14.9. The number of carbonyl (C=O) groups is 2. The van der Waals surface area contributed by atoms with E-state index >= 15 is 0 Å². The monoisotopic (exact) mass is 279 g/mol. The summed E-state index contributed by atoms with van der Waals surface area (Å²) in [5.41, 5.74) is 0. The summed E-state index contributed by atoms with van der Waals surface area (Å²) in [6.45, 7) is 1.71. The molecular weight excluding hydrogens is 262 g/mol. The minimum absolute atomic E-state index is 0.124. The van der Waals surface area contributed by atoms with Crippen LogP contribution in [-0.2, 0) is 24.3 Å². The predicted octanol–water partition coefficient (Wildman–Crippen LogP) is -0.278. The lowest BCUT2D eigenvalue weighted by atomic mass is 10.1. The highest BCUT2D eigenvalue weighted by atomic mass is 32.2. The Bertz CT molecular complexity index is 418. The van der Waals surface area contributed by atoms with E-state index in [0.29, 0.717) is 12.8 Å². The molecule has 1 saturated carbocycles. The highest BCUT2D eigenvalue weighted by molar-refractivity contribution is 7.90. The van der Waals surface area contributed by atoms with Crippen LogP contribution < -0.4 is 4.72 Å². The molecule has 0 saturated heterocycles. The summed E-state index contributed by atoms with van der Waals surface area (Å²) in [5, 5.41) is 8.79. The van der Waals surface area contributed by atoms with Gasteiger partial charge in [-0.1, -0.05) is 0 Å². The molecule has 1 rings (SSSR count). The van der Waals surface area contributed by atoms with E-state index in [9.17, 15) is 18.0 Å². The summed E-state index contributed by atoms with van der Waals surface area (Å²) in [7, 11) is -3.75. The molecule has 0 aromatic heterocycles. The van der Waals surface area contributed by atoms with Gasteiger partial charge in [-0.3, -0.25) is 9.59 Å². The van der Waals surface area contributed by atoms with Crippen molar-refractivity contribution in [1.29, 1.82) is 0 Å². The zero-order chi connectivity index (χ0) is 13.8.